The summed E-state index contributed by atoms with van der Waals surface area (Å²) in [6, 6.07) is 1.96. The van der Waals surface area contributed by atoms with Gasteiger partial charge in [-0.1, -0.05) is 18.7 Å². The fourth-order valence-electron chi connectivity index (χ4n) is 1.85. The Bertz CT molecular complexity index is 528. The molecule has 0 atom stereocenters. The van der Waals surface area contributed by atoms with Crippen LogP contribution in [0.5, 0.6) is 0 Å². The van der Waals surface area contributed by atoms with Gasteiger partial charge in [-0.15, -0.1) is 0 Å². The van der Waals surface area contributed by atoms with Crippen LogP contribution in [0.2, 0.25) is 0 Å². The molecule has 0 saturated carbocycles. The highest BCUT2D eigenvalue weighted by molar-refractivity contribution is 7.98. The van der Waals surface area contributed by atoms with Crippen molar-refractivity contribution in [2.45, 2.75) is 31.5 Å². The SMILES string of the molecule is CCCNc1cc(NCCCn2ccnc2)nc(SC)n1. The Kier molecular flexibility index (Phi) is 6.33. The quantitative estimate of drug-likeness (QED) is 0.422. The van der Waals surface area contributed by atoms with E-state index in [2.05, 4.69) is 37.1 Å². The third-order valence-corrected chi connectivity index (χ3v) is 3.45. The predicted octanol–water partition coefficient (Wildman–Crippen LogP) is 2.72. The molecule has 0 saturated heterocycles. The van der Waals surface area contributed by atoms with Crippen molar-refractivity contribution in [1.29, 1.82) is 0 Å². The average molecular weight is 306 g/mol. The Morgan fingerprint density at radius 2 is 1.95 bits per heavy atom. The lowest BCUT2D eigenvalue weighted by Gasteiger charge is -2.10. The van der Waals surface area contributed by atoms with E-state index in [1.54, 1.807) is 18.0 Å². The van der Waals surface area contributed by atoms with Crippen LogP contribution in [0, 0.1) is 0 Å². The molecule has 0 aromatic carbocycles. The summed E-state index contributed by atoms with van der Waals surface area (Å²) < 4.78 is 2.07. The first-order chi connectivity index (χ1) is 10.3. The molecule has 0 bridgehead atoms. The van der Waals surface area contributed by atoms with Crippen molar-refractivity contribution in [2.75, 3.05) is 30.0 Å². The van der Waals surface area contributed by atoms with Crippen LogP contribution in [0.4, 0.5) is 11.6 Å². The average Bonchev–Trinajstić information content (AvgIpc) is 3.02. The molecule has 2 aromatic rings. The Morgan fingerprint density at radius 3 is 2.57 bits per heavy atom. The van der Waals surface area contributed by atoms with E-state index >= 15 is 0 Å². The number of imidazole rings is 1. The second-order valence-corrected chi connectivity index (χ2v) is 5.41. The van der Waals surface area contributed by atoms with E-state index in [-0.39, 0.29) is 0 Å². The molecule has 0 unspecified atom stereocenters. The van der Waals surface area contributed by atoms with Gasteiger partial charge in [0.25, 0.3) is 0 Å². The summed E-state index contributed by atoms with van der Waals surface area (Å²) in [4.78, 5) is 13.0. The molecule has 2 N–H and O–H groups in total. The fraction of sp³-hybridized carbons (Fsp3) is 0.500. The minimum Gasteiger partial charge on any atom is -0.370 e. The summed E-state index contributed by atoms with van der Waals surface area (Å²) in [5.74, 6) is 1.76. The van der Waals surface area contributed by atoms with Crippen LogP contribution in [-0.2, 0) is 6.54 Å². The highest BCUT2D eigenvalue weighted by atomic mass is 32.2. The number of anilines is 2. The van der Waals surface area contributed by atoms with Gasteiger partial charge >= 0.3 is 0 Å². The van der Waals surface area contributed by atoms with Crippen molar-refractivity contribution < 1.29 is 0 Å². The largest absolute Gasteiger partial charge is 0.370 e. The van der Waals surface area contributed by atoms with Gasteiger partial charge in [-0.25, -0.2) is 15.0 Å². The number of hydrogen-bond donors (Lipinski definition) is 2. The summed E-state index contributed by atoms with van der Waals surface area (Å²) in [5, 5.41) is 7.45. The maximum Gasteiger partial charge on any atom is 0.191 e. The number of aryl methyl sites for hydroxylation is 1. The number of hydrogen-bond acceptors (Lipinski definition) is 6. The molecule has 0 radical (unpaired) electrons. The lowest BCUT2D eigenvalue weighted by atomic mass is 10.4. The monoisotopic (exact) mass is 306 g/mol. The van der Waals surface area contributed by atoms with Gasteiger partial charge in [0.1, 0.15) is 11.6 Å². The second-order valence-electron chi connectivity index (χ2n) is 4.63. The van der Waals surface area contributed by atoms with Gasteiger partial charge in [-0.3, -0.25) is 0 Å². The van der Waals surface area contributed by atoms with E-state index in [4.69, 9.17) is 0 Å². The van der Waals surface area contributed by atoms with Gasteiger partial charge in [-0.2, -0.15) is 0 Å². The first-order valence-electron chi connectivity index (χ1n) is 7.18. The third kappa shape index (κ3) is 5.26. The summed E-state index contributed by atoms with van der Waals surface area (Å²) in [6.45, 7) is 4.88. The lowest BCUT2D eigenvalue weighted by Crippen LogP contribution is -2.09. The molecule has 2 heterocycles. The van der Waals surface area contributed by atoms with Crippen molar-refractivity contribution in [3.05, 3.63) is 24.8 Å². The van der Waals surface area contributed by atoms with Crippen LogP contribution >= 0.6 is 11.8 Å². The number of rotatable bonds is 9. The van der Waals surface area contributed by atoms with Crippen molar-refractivity contribution in [2.24, 2.45) is 0 Å². The molecule has 0 aliphatic heterocycles. The van der Waals surface area contributed by atoms with Crippen LogP contribution < -0.4 is 10.6 Å². The molecule has 0 fully saturated rings. The van der Waals surface area contributed by atoms with E-state index in [0.29, 0.717) is 0 Å². The maximum absolute atomic E-state index is 4.48. The Hall–Kier alpha value is -1.76. The van der Waals surface area contributed by atoms with Crippen LogP contribution in [0.15, 0.2) is 29.9 Å². The smallest absolute Gasteiger partial charge is 0.191 e. The summed E-state index contributed by atoms with van der Waals surface area (Å²) in [7, 11) is 0. The van der Waals surface area contributed by atoms with Gasteiger partial charge in [0.05, 0.1) is 6.33 Å². The zero-order valence-electron chi connectivity index (χ0n) is 12.5. The molecule has 0 spiro atoms. The summed E-state index contributed by atoms with van der Waals surface area (Å²) >= 11 is 1.55. The van der Waals surface area contributed by atoms with Crippen LogP contribution in [-0.4, -0.2) is 38.9 Å². The van der Waals surface area contributed by atoms with Crippen molar-refractivity contribution in [1.82, 2.24) is 19.5 Å². The van der Waals surface area contributed by atoms with Crippen LogP contribution in [0.3, 0.4) is 0 Å². The first kappa shape index (κ1) is 15.6. The molecule has 0 aliphatic rings. The topological polar surface area (TPSA) is 67.7 Å². The highest BCUT2D eigenvalue weighted by Gasteiger charge is 2.03. The van der Waals surface area contributed by atoms with Gasteiger partial charge < -0.3 is 15.2 Å². The minimum absolute atomic E-state index is 0.785. The predicted molar refractivity (Wildman–Crippen MR) is 87.9 cm³/mol. The molecule has 7 heteroatoms. The number of thioether (sulfide) groups is 1. The van der Waals surface area contributed by atoms with Crippen LogP contribution in [0.25, 0.3) is 0 Å². The first-order valence-corrected chi connectivity index (χ1v) is 8.41. The molecule has 2 rings (SSSR count). The molecule has 21 heavy (non-hydrogen) atoms. The summed E-state index contributed by atoms with van der Waals surface area (Å²) in [5.41, 5.74) is 0. The molecular weight excluding hydrogens is 284 g/mol. The zero-order chi connectivity index (χ0) is 14.9. The molecular formula is C14H22N6S. The van der Waals surface area contributed by atoms with Crippen LogP contribution in [0.1, 0.15) is 19.8 Å². The molecule has 2 aromatic heterocycles. The van der Waals surface area contributed by atoms with E-state index < -0.39 is 0 Å². The third-order valence-electron chi connectivity index (χ3n) is 2.90. The molecule has 0 amide bonds. The van der Waals surface area contributed by atoms with E-state index in [0.717, 1.165) is 49.3 Å². The van der Waals surface area contributed by atoms with Crippen molar-refractivity contribution in [3.63, 3.8) is 0 Å². The highest BCUT2D eigenvalue weighted by Crippen LogP contribution is 2.17. The standard InChI is InChI=1S/C14H22N6S/c1-3-5-16-12-10-13(19-14(18-12)21-2)17-6-4-8-20-9-7-15-11-20/h7,9-11H,3-6,8H2,1-2H3,(H2,16,17,18,19). The second kappa shape index (κ2) is 8.51. The normalized spacial score (nSPS) is 10.6. The van der Waals surface area contributed by atoms with E-state index in [9.17, 15) is 0 Å². The van der Waals surface area contributed by atoms with Gasteiger partial charge in [-0.05, 0) is 19.1 Å². The Balaban J connectivity index is 1.85. The maximum atomic E-state index is 4.48. The Labute approximate surface area is 129 Å². The number of nitrogens with one attached hydrogen (secondary N) is 2. The number of aromatic nitrogens is 4. The lowest BCUT2D eigenvalue weighted by molar-refractivity contribution is 0.659. The van der Waals surface area contributed by atoms with Crippen molar-refractivity contribution >= 4 is 23.4 Å². The van der Waals surface area contributed by atoms with E-state index in [1.165, 1.54) is 0 Å². The number of nitrogens with zero attached hydrogens (tertiary/aromatic N) is 4. The van der Waals surface area contributed by atoms with Gasteiger partial charge in [0.2, 0.25) is 0 Å². The fourth-order valence-corrected chi connectivity index (χ4v) is 2.23. The summed E-state index contributed by atoms with van der Waals surface area (Å²) in [6.07, 6.45) is 9.70. The molecule has 6 nitrogen and oxygen atoms in total. The Morgan fingerprint density at radius 1 is 1.19 bits per heavy atom. The zero-order valence-corrected chi connectivity index (χ0v) is 13.4. The van der Waals surface area contributed by atoms with Crippen molar-refractivity contribution in [3.8, 4) is 0 Å². The van der Waals surface area contributed by atoms with Gasteiger partial charge in [0.15, 0.2) is 5.16 Å². The van der Waals surface area contributed by atoms with Gasteiger partial charge in [0, 0.05) is 38.1 Å². The van der Waals surface area contributed by atoms with E-state index in [1.807, 2.05) is 24.8 Å². The molecule has 114 valence electrons. The minimum atomic E-state index is 0.785. The molecule has 0 aliphatic carbocycles.